The van der Waals surface area contributed by atoms with Gasteiger partial charge in [-0.15, -0.1) is 0 Å². The number of anilines is 1. The van der Waals surface area contributed by atoms with E-state index in [4.69, 9.17) is 0 Å². The number of hydrogen-bond acceptors (Lipinski definition) is 3. The number of carbonyl (C=O) groups is 2. The number of carbonyl (C=O) groups excluding carboxylic acids is 2. The van der Waals surface area contributed by atoms with Crippen LogP contribution in [0.4, 0.5) is 5.69 Å². The lowest BCUT2D eigenvalue weighted by molar-refractivity contribution is -0.136. The Bertz CT molecular complexity index is 919. The molecule has 0 spiro atoms. The van der Waals surface area contributed by atoms with E-state index in [0.717, 1.165) is 22.3 Å². The number of amides is 1. The minimum Gasteiger partial charge on any atom is -0.375 e. The lowest BCUT2D eigenvalue weighted by Gasteiger charge is -2.26. The molecule has 0 bridgehead atoms. The molecule has 0 fully saturated rings. The highest BCUT2D eigenvalue weighted by Gasteiger charge is 2.51. The number of nitrogens with zero attached hydrogens (tertiary/aromatic N) is 1. The molecule has 27 heavy (non-hydrogen) atoms. The van der Waals surface area contributed by atoms with Gasteiger partial charge in [0.2, 0.25) is 0 Å². The van der Waals surface area contributed by atoms with Gasteiger partial charge in [-0.2, -0.15) is 0 Å². The summed E-state index contributed by atoms with van der Waals surface area (Å²) < 4.78 is 0. The van der Waals surface area contributed by atoms with Gasteiger partial charge in [0.25, 0.3) is 5.91 Å². The number of hydrogen-bond donors (Lipinski definition) is 1. The molecule has 2 aromatic carbocycles. The van der Waals surface area contributed by atoms with Crippen LogP contribution in [0, 0.1) is 27.7 Å². The molecule has 2 aromatic rings. The van der Waals surface area contributed by atoms with Gasteiger partial charge in [0.1, 0.15) is 0 Å². The summed E-state index contributed by atoms with van der Waals surface area (Å²) in [4.78, 5) is 28.0. The molecule has 1 heterocycles. The molecule has 3 rings (SSSR count). The number of fused-ring (bicyclic) bond motifs is 1. The third kappa shape index (κ3) is 2.88. The van der Waals surface area contributed by atoms with Gasteiger partial charge >= 0.3 is 0 Å². The second kappa shape index (κ2) is 6.61. The number of aliphatic hydroxyl groups is 1. The first-order valence-electron chi connectivity index (χ1n) is 9.35. The first-order chi connectivity index (χ1) is 12.6. The van der Waals surface area contributed by atoms with E-state index >= 15 is 0 Å². The molecule has 1 N–H and O–H groups in total. The van der Waals surface area contributed by atoms with Crippen LogP contribution in [-0.2, 0) is 10.4 Å². The number of ketones is 1. The Morgan fingerprint density at radius 2 is 1.63 bits per heavy atom. The van der Waals surface area contributed by atoms with Gasteiger partial charge in [-0.25, -0.2) is 0 Å². The van der Waals surface area contributed by atoms with Crippen molar-refractivity contribution >= 4 is 17.4 Å². The van der Waals surface area contributed by atoms with Crippen LogP contribution in [0.3, 0.4) is 0 Å². The Morgan fingerprint density at radius 3 is 2.19 bits per heavy atom. The van der Waals surface area contributed by atoms with Crippen LogP contribution >= 0.6 is 0 Å². The molecule has 1 aliphatic heterocycles. The lowest BCUT2D eigenvalue weighted by atomic mass is 9.84. The summed E-state index contributed by atoms with van der Waals surface area (Å²) in [7, 11) is 0. The summed E-state index contributed by atoms with van der Waals surface area (Å²) in [6, 6.07) is 9.15. The van der Waals surface area contributed by atoms with Crippen molar-refractivity contribution in [1.82, 2.24) is 0 Å². The second-order valence-corrected chi connectivity index (χ2v) is 7.88. The quantitative estimate of drug-likeness (QED) is 0.829. The molecule has 142 valence electrons. The molecule has 0 saturated carbocycles. The standard InChI is InChI=1S/C23H27NO3/c1-13(2)24-19-10-8-7-9-18(19)23(27,22(24)26)12-20(25)21-16(5)14(3)11-15(4)17(21)6/h7-11,13,27H,12H2,1-6H3/t23-/m0/s1. The molecule has 0 aromatic heterocycles. The average Bonchev–Trinajstić information content (AvgIpc) is 2.81. The summed E-state index contributed by atoms with van der Waals surface area (Å²) in [6.45, 7) is 11.6. The molecule has 1 aliphatic rings. The van der Waals surface area contributed by atoms with E-state index in [-0.39, 0.29) is 18.2 Å². The predicted octanol–water partition coefficient (Wildman–Crippen LogP) is 4.14. The molecule has 1 atom stereocenters. The van der Waals surface area contributed by atoms with E-state index in [2.05, 4.69) is 6.07 Å². The van der Waals surface area contributed by atoms with Crippen molar-refractivity contribution < 1.29 is 14.7 Å². The topological polar surface area (TPSA) is 57.6 Å². The average molecular weight is 365 g/mol. The van der Waals surface area contributed by atoms with Gasteiger partial charge < -0.3 is 10.0 Å². The fourth-order valence-electron chi connectivity index (χ4n) is 4.10. The van der Waals surface area contributed by atoms with Gasteiger partial charge in [-0.3, -0.25) is 9.59 Å². The van der Waals surface area contributed by atoms with Crippen molar-refractivity contribution in [3.63, 3.8) is 0 Å². The van der Waals surface area contributed by atoms with Crippen LogP contribution in [-0.4, -0.2) is 22.8 Å². The van der Waals surface area contributed by atoms with E-state index in [0.29, 0.717) is 16.8 Å². The minimum atomic E-state index is -1.82. The van der Waals surface area contributed by atoms with E-state index in [1.54, 1.807) is 17.0 Å². The van der Waals surface area contributed by atoms with Crippen LogP contribution in [0.5, 0.6) is 0 Å². The van der Waals surface area contributed by atoms with Crippen LogP contribution in [0.1, 0.15) is 58.4 Å². The highest BCUT2D eigenvalue weighted by molar-refractivity contribution is 6.11. The predicted molar refractivity (Wildman–Crippen MR) is 107 cm³/mol. The summed E-state index contributed by atoms with van der Waals surface area (Å²) in [5.41, 5.74) is 3.88. The SMILES string of the molecule is Cc1cc(C)c(C)c(C(=O)C[C@@]2(O)C(=O)N(C(C)C)c3ccccc32)c1C. The number of Topliss-reactive ketones (excluding diaryl/α,β-unsaturated/α-hetero) is 1. The van der Waals surface area contributed by atoms with Crippen molar-refractivity contribution in [2.24, 2.45) is 0 Å². The lowest BCUT2D eigenvalue weighted by Crippen LogP contribution is -2.44. The van der Waals surface area contributed by atoms with Crippen molar-refractivity contribution in [1.29, 1.82) is 0 Å². The molecule has 4 nitrogen and oxygen atoms in total. The van der Waals surface area contributed by atoms with Crippen molar-refractivity contribution in [3.8, 4) is 0 Å². The zero-order valence-corrected chi connectivity index (χ0v) is 16.9. The molecule has 0 unspecified atom stereocenters. The van der Waals surface area contributed by atoms with E-state index in [1.165, 1.54) is 0 Å². The monoisotopic (exact) mass is 365 g/mol. The summed E-state index contributed by atoms with van der Waals surface area (Å²) >= 11 is 0. The Labute approximate surface area is 160 Å². The first kappa shape index (κ1) is 19.3. The fraction of sp³-hybridized carbons (Fsp3) is 0.391. The molecule has 1 amide bonds. The van der Waals surface area contributed by atoms with Gasteiger partial charge in [0, 0.05) is 17.2 Å². The smallest absolute Gasteiger partial charge is 0.264 e. The highest BCUT2D eigenvalue weighted by Crippen LogP contribution is 2.44. The zero-order chi connectivity index (χ0) is 20.1. The Kier molecular flexibility index (Phi) is 4.73. The Hall–Kier alpha value is -2.46. The van der Waals surface area contributed by atoms with E-state index in [1.807, 2.05) is 53.7 Å². The Morgan fingerprint density at radius 1 is 1.07 bits per heavy atom. The van der Waals surface area contributed by atoms with Crippen molar-refractivity contribution in [3.05, 3.63) is 63.7 Å². The van der Waals surface area contributed by atoms with Crippen LogP contribution in [0.2, 0.25) is 0 Å². The second-order valence-electron chi connectivity index (χ2n) is 7.88. The minimum absolute atomic E-state index is 0.104. The molecule has 0 aliphatic carbocycles. The molecule has 4 heteroatoms. The largest absolute Gasteiger partial charge is 0.375 e. The third-order valence-corrected chi connectivity index (χ3v) is 5.76. The maximum Gasteiger partial charge on any atom is 0.264 e. The van der Waals surface area contributed by atoms with Crippen molar-refractivity contribution in [2.75, 3.05) is 4.90 Å². The van der Waals surface area contributed by atoms with Crippen LogP contribution < -0.4 is 4.90 Å². The Balaban J connectivity index is 2.08. The number of aryl methyl sites for hydroxylation is 2. The van der Waals surface area contributed by atoms with Crippen LogP contribution in [0.25, 0.3) is 0 Å². The maximum atomic E-state index is 13.3. The summed E-state index contributed by atoms with van der Waals surface area (Å²) in [5.74, 6) is -0.625. The number of rotatable bonds is 4. The third-order valence-electron chi connectivity index (χ3n) is 5.76. The summed E-state index contributed by atoms with van der Waals surface area (Å²) in [5, 5.41) is 11.4. The van der Waals surface area contributed by atoms with Gasteiger partial charge in [-0.05, 0) is 69.9 Å². The van der Waals surface area contributed by atoms with Crippen LogP contribution in [0.15, 0.2) is 30.3 Å². The highest BCUT2D eigenvalue weighted by atomic mass is 16.3. The normalized spacial score (nSPS) is 19.0. The number of para-hydroxylation sites is 1. The maximum absolute atomic E-state index is 13.3. The van der Waals surface area contributed by atoms with Gasteiger partial charge in [0.15, 0.2) is 11.4 Å². The van der Waals surface area contributed by atoms with Gasteiger partial charge in [-0.1, -0.05) is 24.3 Å². The van der Waals surface area contributed by atoms with E-state index < -0.39 is 11.5 Å². The first-order valence-corrected chi connectivity index (χ1v) is 9.35. The molecular weight excluding hydrogens is 338 g/mol. The zero-order valence-electron chi connectivity index (χ0n) is 16.9. The van der Waals surface area contributed by atoms with Crippen molar-refractivity contribution in [2.45, 2.75) is 59.6 Å². The van der Waals surface area contributed by atoms with E-state index in [9.17, 15) is 14.7 Å². The molecular formula is C23H27NO3. The molecule has 0 radical (unpaired) electrons. The van der Waals surface area contributed by atoms with Gasteiger partial charge in [0.05, 0.1) is 12.1 Å². The summed E-state index contributed by atoms with van der Waals surface area (Å²) in [6.07, 6.45) is -0.253. The fourth-order valence-corrected chi connectivity index (χ4v) is 4.10. The molecule has 0 saturated heterocycles. The number of benzene rings is 2.